The largest absolute Gasteiger partial charge is 0.497 e. The van der Waals surface area contributed by atoms with E-state index >= 15 is 0 Å². The molecule has 0 aliphatic heterocycles. The highest BCUT2D eigenvalue weighted by Gasteiger charge is 2.29. The van der Waals surface area contributed by atoms with E-state index in [0.29, 0.717) is 0 Å². The van der Waals surface area contributed by atoms with E-state index in [9.17, 15) is 0 Å². The maximum absolute atomic E-state index is 5.32. The first-order valence-corrected chi connectivity index (χ1v) is 7.71. The van der Waals surface area contributed by atoms with E-state index in [0.717, 1.165) is 23.6 Å². The first-order chi connectivity index (χ1) is 9.35. The molecule has 0 aromatic heterocycles. The summed E-state index contributed by atoms with van der Waals surface area (Å²) >= 11 is 0. The second-order valence-corrected chi connectivity index (χ2v) is 6.19. The van der Waals surface area contributed by atoms with Crippen LogP contribution in [-0.4, -0.2) is 19.7 Å². The van der Waals surface area contributed by atoms with E-state index in [4.69, 9.17) is 4.74 Å². The summed E-state index contributed by atoms with van der Waals surface area (Å²) in [6.07, 6.45) is 8.23. The third-order valence-corrected chi connectivity index (χ3v) is 4.69. The van der Waals surface area contributed by atoms with Crippen LogP contribution in [-0.2, 0) is 6.42 Å². The highest BCUT2D eigenvalue weighted by molar-refractivity contribution is 5.28. The first-order valence-electron chi connectivity index (χ1n) is 7.71. The van der Waals surface area contributed by atoms with Gasteiger partial charge in [0.05, 0.1) is 7.11 Å². The zero-order valence-corrected chi connectivity index (χ0v) is 11.9. The normalized spacial score (nSPS) is 26.6. The second kappa shape index (κ2) is 5.96. The molecule has 2 fully saturated rings. The van der Waals surface area contributed by atoms with E-state index in [1.54, 1.807) is 7.11 Å². The maximum Gasteiger partial charge on any atom is 0.119 e. The van der Waals surface area contributed by atoms with Crippen molar-refractivity contribution in [1.29, 1.82) is 0 Å². The molecule has 2 nitrogen and oxygen atoms in total. The van der Waals surface area contributed by atoms with Gasteiger partial charge in [-0.1, -0.05) is 18.6 Å². The molecule has 1 aromatic rings. The van der Waals surface area contributed by atoms with Gasteiger partial charge in [-0.15, -0.1) is 0 Å². The lowest BCUT2D eigenvalue weighted by Crippen LogP contribution is -2.27. The number of ether oxygens (including phenoxy) is 1. The summed E-state index contributed by atoms with van der Waals surface area (Å²) in [7, 11) is 1.75. The summed E-state index contributed by atoms with van der Waals surface area (Å²) in [6.45, 7) is 1.24. The molecule has 2 saturated carbocycles. The molecule has 1 aromatic carbocycles. The topological polar surface area (TPSA) is 21.3 Å². The van der Waals surface area contributed by atoms with Crippen molar-refractivity contribution < 1.29 is 4.74 Å². The van der Waals surface area contributed by atoms with Crippen molar-refractivity contribution in [2.45, 2.75) is 44.6 Å². The lowest BCUT2D eigenvalue weighted by Gasteiger charge is -2.20. The Hall–Kier alpha value is -1.02. The predicted octanol–water partition coefficient (Wildman–Crippen LogP) is 3.41. The van der Waals surface area contributed by atoms with Gasteiger partial charge in [0.15, 0.2) is 0 Å². The minimum Gasteiger partial charge on any atom is -0.497 e. The molecule has 0 amide bonds. The van der Waals surface area contributed by atoms with Crippen molar-refractivity contribution in [3.63, 3.8) is 0 Å². The van der Waals surface area contributed by atoms with Gasteiger partial charge in [0.1, 0.15) is 5.75 Å². The molecule has 19 heavy (non-hydrogen) atoms. The third kappa shape index (κ3) is 3.50. The quantitative estimate of drug-likeness (QED) is 0.845. The summed E-state index contributed by atoms with van der Waals surface area (Å²) in [6, 6.07) is 9.43. The molecule has 0 saturated heterocycles. The summed E-state index contributed by atoms with van der Waals surface area (Å²) in [4.78, 5) is 0. The standard InChI is InChI=1S/C17H25NO/c1-19-17-7-2-4-13(11-17)10-14-5-3-6-15(14)12-18-16-8-9-16/h2,4,7,11,14-16,18H,3,5-6,8-10,12H2,1H3. The Labute approximate surface area is 116 Å². The molecule has 104 valence electrons. The first kappa shape index (κ1) is 13.0. The smallest absolute Gasteiger partial charge is 0.119 e. The van der Waals surface area contributed by atoms with Crippen LogP contribution in [0.4, 0.5) is 0 Å². The van der Waals surface area contributed by atoms with Crippen molar-refractivity contribution in [2.24, 2.45) is 11.8 Å². The van der Waals surface area contributed by atoms with Crippen LogP contribution in [0.2, 0.25) is 0 Å². The van der Waals surface area contributed by atoms with Gasteiger partial charge < -0.3 is 10.1 Å². The fourth-order valence-electron chi connectivity index (χ4n) is 3.36. The molecular formula is C17H25NO. The molecule has 2 aliphatic carbocycles. The molecule has 2 unspecified atom stereocenters. The fourth-order valence-corrected chi connectivity index (χ4v) is 3.36. The number of benzene rings is 1. The van der Waals surface area contributed by atoms with Gasteiger partial charge in [0, 0.05) is 6.04 Å². The summed E-state index contributed by atoms with van der Waals surface area (Å²) in [5.41, 5.74) is 1.43. The molecule has 2 aliphatic rings. The van der Waals surface area contributed by atoms with E-state index in [1.807, 2.05) is 6.07 Å². The SMILES string of the molecule is COc1cccc(CC2CCCC2CNC2CC2)c1. The van der Waals surface area contributed by atoms with Crippen molar-refractivity contribution in [3.8, 4) is 5.75 Å². The summed E-state index contributed by atoms with van der Waals surface area (Å²) < 4.78 is 5.32. The van der Waals surface area contributed by atoms with Gasteiger partial charge in [-0.3, -0.25) is 0 Å². The molecule has 2 heteroatoms. The van der Waals surface area contributed by atoms with Crippen molar-refractivity contribution >= 4 is 0 Å². The highest BCUT2D eigenvalue weighted by atomic mass is 16.5. The van der Waals surface area contributed by atoms with E-state index in [2.05, 4.69) is 23.5 Å². The Morgan fingerprint density at radius 1 is 1.16 bits per heavy atom. The van der Waals surface area contributed by atoms with Crippen LogP contribution in [0.25, 0.3) is 0 Å². The van der Waals surface area contributed by atoms with E-state index < -0.39 is 0 Å². The summed E-state index contributed by atoms with van der Waals surface area (Å²) in [5.74, 6) is 2.73. The molecule has 0 spiro atoms. The molecule has 0 heterocycles. The Kier molecular flexibility index (Phi) is 4.07. The Morgan fingerprint density at radius 2 is 2.00 bits per heavy atom. The monoisotopic (exact) mass is 259 g/mol. The lowest BCUT2D eigenvalue weighted by atomic mass is 9.89. The Balaban J connectivity index is 1.57. The lowest BCUT2D eigenvalue weighted by molar-refractivity contribution is 0.363. The average Bonchev–Trinajstić information content (AvgIpc) is 3.17. The van der Waals surface area contributed by atoms with Gasteiger partial charge in [0.25, 0.3) is 0 Å². The number of methoxy groups -OCH3 is 1. The zero-order chi connectivity index (χ0) is 13.1. The molecular weight excluding hydrogens is 234 g/mol. The molecule has 0 bridgehead atoms. The van der Waals surface area contributed by atoms with Crippen molar-refractivity contribution in [3.05, 3.63) is 29.8 Å². The zero-order valence-electron chi connectivity index (χ0n) is 11.9. The molecule has 3 rings (SSSR count). The van der Waals surface area contributed by atoms with Gasteiger partial charge in [-0.2, -0.15) is 0 Å². The average molecular weight is 259 g/mol. The molecule has 0 radical (unpaired) electrons. The molecule has 2 atom stereocenters. The van der Waals surface area contributed by atoms with Gasteiger partial charge >= 0.3 is 0 Å². The van der Waals surface area contributed by atoms with Crippen LogP contribution < -0.4 is 10.1 Å². The van der Waals surface area contributed by atoms with E-state index in [-0.39, 0.29) is 0 Å². The summed E-state index contributed by atoms with van der Waals surface area (Å²) in [5, 5.41) is 3.71. The third-order valence-electron chi connectivity index (χ3n) is 4.69. The van der Waals surface area contributed by atoms with Crippen LogP contribution in [0.3, 0.4) is 0 Å². The van der Waals surface area contributed by atoms with Gasteiger partial charge in [-0.05, 0) is 68.2 Å². The number of rotatable bonds is 6. The molecule has 1 N–H and O–H groups in total. The minimum absolute atomic E-state index is 0.845. The van der Waals surface area contributed by atoms with Gasteiger partial charge in [-0.25, -0.2) is 0 Å². The number of nitrogens with one attached hydrogen (secondary N) is 1. The fraction of sp³-hybridized carbons (Fsp3) is 0.647. The van der Waals surface area contributed by atoms with Crippen LogP contribution in [0.15, 0.2) is 24.3 Å². The van der Waals surface area contributed by atoms with Crippen molar-refractivity contribution in [2.75, 3.05) is 13.7 Å². The minimum atomic E-state index is 0.845. The van der Waals surface area contributed by atoms with Crippen molar-refractivity contribution in [1.82, 2.24) is 5.32 Å². The second-order valence-electron chi connectivity index (χ2n) is 6.19. The highest BCUT2D eigenvalue weighted by Crippen LogP contribution is 2.35. The van der Waals surface area contributed by atoms with E-state index in [1.165, 1.54) is 50.6 Å². The number of hydrogen-bond donors (Lipinski definition) is 1. The number of hydrogen-bond acceptors (Lipinski definition) is 2. The maximum atomic E-state index is 5.32. The van der Waals surface area contributed by atoms with Crippen LogP contribution >= 0.6 is 0 Å². The van der Waals surface area contributed by atoms with Gasteiger partial charge in [0.2, 0.25) is 0 Å². The van der Waals surface area contributed by atoms with Crippen LogP contribution in [0, 0.1) is 11.8 Å². The predicted molar refractivity (Wildman–Crippen MR) is 78.6 cm³/mol. The van der Waals surface area contributed by atoms with Crippen LogP contribution in [0.1, 0.15) is 37.7 Å². The Bertz CT molecular complexity index is 413. The van der Waals surface area contributed by atoms with Crippen LogP contribution in [0.5, 0.6) is 5.75 Å². The Morgan fingerprint density at radius 3 is 2.79 bits per heavy atom.